The number of hydrogen-bond donors (Lipinski definition) is 3. The fourth-order valence-corrected chi connectivity index (χ4v) is 1.98. The third-order valence-corrected chi connectivity index (χ3v) is 3.22. The molecule has 0 saturated carbocycles. The van der Waals surface area contributed by atoms with Gasteiger partial charge in [0.15, 0.2) is 17.2 Å². The monoisotopic (exact) mass is 300 g/mol. The Morgan fingerprint density at radius 1 is 1.33 bits per heavy atom. The Kier molecular flexibility index (Phi) is 4.37. The Labute approximate surface area is 119 Å². The van der Waals surface area contributed by atoms with E-state index in [1.165, 1.54) is 6.07 Å². The minimum Gasteiger partial charge on any atom is -0.479 e. The van der Waals surface area contributed by atoms with Crippen LogP contribution in [0.15, 0.2) is 18.2 Å². The number of urea groups is 1. The van der Waals surface area contributed by atoms with E-state index >= 15 is 0 Å². The number of carbonyl (C=O) groups is 2. The van der Waals surface area contributed by atoms with E-state index in [1.807, 2.05) is 0 Å². The number of carboxylic acid groups (broad SMARTS) is 1. The first-order valence-electron chi connectivity index (χ1n) is 6.24. The van der Waals surface area contributed by atoms with E-state index in [9.17, 15) is 18.4 Å². The maximum absolute atomic E-state index is 13.0. The SMILES string of the molecule is O=C(NCc1ccc(F)c(F)c1)NC1(C(=O)O)CCOC1. The van der Waals surface area contributed by atoms with Gasteiger partial charge in [0.2, 0.25) is 0 Å². The lowest BCUT2D eigenvalue weighted by Gasteiger charge is -2.23. The summed E-state index contributed by atoms with van der Waals surface area (Å²) in [6.45, 7) is 0.0796. The number of nitrogens with one attached hydrogen (secondary N) is 2. The lowest BCUT2D eigenvalue weighted by molar-refractivity contribution is -0.144. The molecule has 2 amide bonds. The molecule has 21 heavy (non-hydrogen) atoms. The number of aliphatic carboxylic acids is 1. The molecule has 1 heterocycles. The van der Waals surface area contributed by atoms with Gasteiger partial charge in [-0.1, -0.05) is 6.07 Å². The first kappa shape index (κ1) is 15.2. The Balaban J connectivity index is 1.92. The molecule has 1 fully saturated rings. The zero-order valence-corrected chi connectivity index (χ0v) is 11.0. The number of hydrogen-bond acceptors (Lipinski definition) is 3. The third kappa shape index (κ3) is 3.46. The summed E-state index contributed by atoms with van der Waals surface area (Å²) in [5.74, 6) is -3.17. The van der Waals surface area contributed by atoms with Gasteiger partial charge in [-0.25, -0.2) is 18.4 Å². The standard InChI is InChI=1S/C13H14F2N2O4/c14-9-2-1-8(5-10(9)15)6-16-12(20)17-13(11(18)19)3-4-21-7-13/h1-2,5H,3-4,6-7H2,(H,18,19)(H2,16,17,20). The molecule has 114 valence electrons. The van der Waals surface area contributed by atoms with Crippen LogP contribution in [0.4, 0.5) is 13.6 Å². The van der Waals surface area contributed by atoms with Crippen molar-refractivity contribution in [2.75, 3.05) is 13.2 Å². The molecule has 0 spiro atoms. The Morgan fingerprint density at radius 2 is 2.10 bits per heavy atom. The van der Waals surface area contributed by atoms with Crippen LogP contribution in [0.25, 0.3) is 0 Å². The van der Waals surface area contributed by atoms with Gasteiger partial charge in [-0.2, -0.15) is 0 Å². The molecule has 1 aromatic rings. The predicted molar refractivity (Wildman–Crippen MR) is 67.5 cm³/mol. The molecular weight excluding hydrogens is 286 g/mol. The van der Waals surface area contributed by atoms with Gasteiger partial charge in [0.05, 0.1) is 6.61 Å². The maximum atomic E-state index is 13.0. The van der Waals surface area contributed by atoms with Crippen LogP contribution in [-0.4, -0.2) is 35.9 Å². The average molecular weight is 300 g/mol. The maximum Gasteiger partial charge on any atom is 0.332 e. The zero-order chi connectivity index (χ0) is 15.5. The Morgan fingerprint density at radius 3 is 2.67 bits per heavy atom. The first-order valence-corrected chi connectivity index (χ1v) is 6.24. The van der Waals surface area contributed by atoms with Crippen LogP contribution in [0.5, 0.6) is 0 Å². The molecule has 0 bridgehead atoms. The lowest BCUT2D eigenvalue weighted by atomic mass is 9.99. The fourth-order valence-electron chi connectivity index (χ4n) is 1.98. The summed E-state index contributed by atoms with van der Waals surface area (Å²) < 4.78 is 30.8. The van der Waals surface area contributed by atoms with Crippen LogP contribution in [0.3, 0.4) is 0 Å². The second-order valence-electron chi connectivity index (χ2n) is 4.75. The van der Waals surface area contributed by atoms with Crippen molar-refractivity contribution in [3.8, 4) is 0 Å². The minimum absolute atomic E-state index is 0.0560. The average Bonchev–Trinajstić information content (AvgIpc) is 2.90. The molecule has 1 saturated heterocycles. The third-order valence-electron chi connectivity index (χ3n) is 3.22. The number of benzene rings is 1. The first-order chi connectivity index (χ1) is 9.93. The van der Waals surface area contributed by atoms with Crippen molar-refractivity contribution < 1.29 is 28.2 Å². The molecule has 0 aliphatic carbocycles. The molecule has 0 aromatic heterocycles. The van der Waals surface area contributed by atoms with Crippen LogP contribution in [0.2, 0.25) is 0 Å². The van der Waals surface area contributed by atoms with Crippen molar-refractivity contribution in [1.82, 2.24) is 10.6 Å². The van der Waals surface area contributed by atoms with Crippen LogP contribution in [-0.2, 0) is 16.1 Å². The van der Waals surface area contributed by atoms with E-state index in [-0.39, 0.29) is 26.2 Å². The van der Waals surface area contributed by atoms with Gasteiger partial charge >= 0.3 is 12.0 Å². The second kappa shape index (κ2) is 6.04. The highest BCUT2D eigenvalue weighted by molar-refractivity contribution is 5.86. The highest BCUT2D eigenvalue weighted by atomic mass is 19.2. The number of carboxylic acids is 1. The van der Waals surface area contributed by atoms with E-state index in [4.69, 9.17) is 9.84 Å². The smallest absolute Gasteiger partial charge is 0.332 e. The molecule has 1 aliphatic heterocycles. The Hall–Kier alpha value is -2.22. The summed E-state index contributed by atoms with van der Waals surface area (Å²) in [6.07, 6.45) is 0.168. The van der Waals surface area contributed by atoms with Crippen molar-refractivity contribution in [1.29, 1.82) is 0 Å². The molecule has 0 radical (unpaired) electrons. The second-order valence-corrected chi connectivity index (χ2v) is 4.75. The van der Waals surface area contributed by atoms with Gasteiger partial charge in [-0.3, -0.25) is 0 Å². The molecule has 1 aliphatic rings. The van der Waals surface area contributed by atoms with Gasteiger partial charge in [0, 0.05) is 19.6 Å². The van der Waals surface area contributed by atoms with Gasteiger partial charge in [-0.05, 0) is 17.7 Å². The summed E-state index contributed by atoms with van der Waals surface area (Å²) >= 11 is 0. The van der Waals surface area contributed by atoms with E-state index in [1.54, 1.807) is 0 Å². The van der Waals surface area contributed by atoms with Crippen LogP contribution in [0, 0.1) is 11.6 Å². The van der Waals surface area contributed by atoms with Gasteiger partial charge < -0.3 is 20.5 Å². The summed E-state index contributed by atoms with van der Waals surface area (Å²) in [5, 5.41) is 13.9. The minimum atomic E-state index is -1.45. The van der Waals surface area contributed by atoms with Gasteiger partial charge in [-0.15, -0.1) is 0 Å². The zero-order valence-electron chi connectivity index (χ0n) is 11.0. The van der Waals surface area contributed by atoms with Crippen molar-refractivity contribution in [3.63, 3.8) is 0 Å². The topological polar surface area (TPSA) is 87.7 Å². The van der Waals surface area contributed by atoms with Crippen molar-refractivity contribution >= 4 is 12.0 Å². The summed E-state index contributed by atoms with van der Waals surface area (Å²) in [4.78, 5) is 22.9. The molecule has 1 unspecified atom stereocenters. The van der Waals surface area contributed by atoms with E-state index < -0.39 is 29.2 Å². The quantitative estimate of drug-likeness (QED) is 0.774. The number of ether oxygens (including phenoxy) is 1. The lowest BCUT2D eigenvalue weighted by Crippen LogP contribution is -2.57. The van der Waals surface area contributed by atoms with Crippen molar-refractivity contribution in [2.45, 2.75) is 18.5 Å². The van der Waals surface area contributed by atoms with Gasteiger partial charge in [0.1, 0.15) is 0 Å². The van der Waals surface area contributed by atoms with E-state index in [0.717, 1.165) is 12.1 Å². The molecule has 8 heteroatoms. The molecule has 6 nitrogen and oxygen atoms in total. The summed E-state index contributed by atoms with van der Waals surface area (Å²) in [6, 6.07) is 2.52. The molecule has 1 atom stereocenters. The highest BCUT2D eigenvalue weighted by Gasteiger charge is 2.43. The molecule has 3 N–H and O–H groups in total. The fraction of sp³-hybridized carbons (Fsp3) is 0.385. The molecular formula is C13H14F2N2O4. The normalized spacial score (nSPS) is 21.0. The molecule has 1 aromatic carbocycles. The summed E-state index contributed by atoms with van der Waals surface area (Å²) in [7, 11) is 0. The number of rotatable bonds is 4. The number of carbonyl (C=O) groups excluding carboxylic acids is 1. The van der Waals surface area contributed by atoms with Crippen molar-refractivity contribution in [3.05, 3.63) is 35.4 Å². The largest absolute Gasteiger partial charge is 0.479 e. The number of halogens is 2. The predicted octanol–water partition coefficient (Wildman–Crippen LogP) is 1.01. The van der Waals surface area contributed by atoms with Crippen LogP contribution in [0.1, 0.15) is 12.0 Å². The van der Waals surface area contributed by atoms with Crippen LogP contribution >= 0.6 is 0 Å². The Bertz CT molecular complexity index is 559. The van der Waals surface area contributed by atoms with E-state index in [0.29, 0.717) is 5.56 Å². The highest BCUT2D eigenvalue weighted by Crippen LogP contribution is 2.18. The number of amides is 2. The molecule has 2 rings (SSSR count). The van der Waals surface area contributed by atoms with E-state index in [2.05, 4.69) is 10.6 Å². The van der Waals surface area contributed by atoms with Crippen LogP contribution < -0.4 is 10.6 Å². The van der Waals surface area contributed by atoms with Gasteiger partial charge in [0.25, 0.3) is 0 Å². The van der Waals surface area contributed by atoms with Crippen molar-refractivity contribution in [2.24, 2.45) is 0 Å². The summed E-state index contributed by atoms with van der Waals surface area (Å²) in [5.41, 5.74) is -1.09.